The van der Waals surface area contributed by atoms with E-state index >= 15 is 0 Å². The van der Waals surface area contributed by atoms with E-state index in [0.29, 0.717) is 12.2 Å². The summed E-state index contributed by atoms with van der Waals surface area (Å²) in [5, 5.41) is 24.3. The molecular formula is C30H36ClN3O3. The quantitative estimate of drug-likeness (QED) is 0.403. The summed E-state index contributed by atoms with van der Waals surface area (Å²) in [6, 6.07) is 8.36. The molecule has 7 rings (SSSR count). The molecule has 2 spiro atoms. The summed E-state index contributed by atoms with van der Waals surface area (Å²) in [5.41, 5.74) is 8.37. The molecule has 5 aliphatic rings. The third-order valence-corrected chi connectivity index (χ3v) is 11.4. The number of aliphatic hydroxyl groups is 2. The molecule has 1 saturated heterocycles. The first-order valence-electron chi connectivity index (χ1n) is 13.5. The lowest BCUT2D eigenvalue weighted by atomic mass is 9.54. The van der Waals surface area contributed by atoms with Crippen LogP contribution in [-0.2, 0) is 4.74 Å². The number of hydrogen-bond acceptors (Lipinski definition) is 6. The zero-order chi connectivity index (χ0) is 26.0. The number of alkyl halides is 1. The topological polar surface area (TPSA) is 91.8 Å². The van der Waals surface area contributed by atoms with Crippen molar-refractivity contribution in [2.24, 2.45) is 11.3 Å². The summed E-state index contributed by atoms with van der Waals surface area (Å²) in [5.74, 6) is 0.792. The Bertz CT molecular complexity index is 1380. The number of aromatic nitrogens is 1. The third-order valence-electron chi connectivity index (χ3n) is 10.7. The molecule has 0 amide bonds. The average Bonchev–Trinajstić information content (AvgIpc) is 3.40. The predicted octanol–water partition coefficient (Wildman–Crippen LogP) is 4.28. The van der Waals surface area contributed by atoms with Crippen LogP contribution < -0.4 is 5.73 Å². The summed E-state index contributed by atoms with van der Waals surface area (Å²) in [6.07, 6.45) is 9.45. The number of nitrogens with two attached hydrogens (primary N) is 1. The highest BCUT2D eigenvalue weighted by atomic mass is 35.5. The van der Waals surface area contributed by atoms with Crippen LogP contribution in [0.15, 0.2) is 48.2 Å². The highest BCUT2D eigenvalue weighted by Crippen LogP contribution is 2.71. The van der Waals surface area contributed by atoms with Crippen molar-refractivity contribution < 1.29 is 14.9 Å². The number of pyridine rings is 1. The number of hydrogen-bond donors (Lipinski definition) is 3. The fourth-order valence-electron chi connectivity index (χ4n) is 8.80. The van der Waals surface area contributed by atoms with Gasteiger partial charge in [-0.3, -0.25) is 0 Å². The Balaban J connectivity index is 1.30. The molecular weight excluding hydrogens is 486 g/mol. The number of nitrogens with zero attached hydrogens (tertiary/aromatic N) is 2. The molecule has 7 heteroatoms. The molecule has 1 aromatic heterocycles. The number of allylic oxidation sites excluding steroid dienone is 2. The van der Waals surface area contributed by atoms with Gasteiger partial charge < -0.3 is 25.6 Å². The molecule has 8 atom stereocenters. The fourth-order valence-corrected chi connectivity index (χ4v) is 9.28. The van der Waals surface area contributed by atoms with Gasteiger partial charge in [0.2, 0.25) is 0 Å². The monoisotopic (exact) mass is 521 g/mol. The smallest absolute Gasteiger partial charge is 0.131 e. The molecule has 2 saturated carbocycles. The summed E-state index contributed by atoms with van der Waals surface area (Å²) in [4.78, 5) is 5.56. The van der Waals surface area contributed by atoms with E-state index in [1.54, 1.807) is 6.20 Å². The standard InChI is InChI=1S/C30H36ClN3O3/c1-27-9-11-29(31)15-21-24(35)25(36)22(34(2)3)16-28(21)10-12-30(29,37-28)23(27)7-6-20(27)18-4-5-19-17(14-18)8-13-33-26(19)32/h4-6,8,13-15,22-25,35-36H,7,9-12,16H2,1-3H3,(H2,32,33)/t22-,23?,24+,25+,27+,28+,29?,30-/m0/s1. The van der Waals surface area contributed by atoms with E-state index in [0.717, 1.165) is 48.4 Å². The second-order valence-corrected chi connectivity index (χ2v) is 13.2. The maximum absolute atomic E-state index is 11.2. The van der Waals surface area contributed by atoms with E-state index in [4.69, 9.17) is 22.1 Å². The van der Waals surface area contributed by atoms with Gasteiger partial charge in [-0.1, -0.05) is 31.2 Å². The van der Waals surface area contributed by atoms with Crippen LogP contribution in [0.1, 0.15) is 51.0 Å². The van der Waals surface area contributed by atoms with Crippen molar-refractivity contribution >= 4 is 33.8 Å². The van der Waals surface area contributed by atoms with Crippen molar-refractivity contribution in [3.63, 3.8) is 0 Å². The van der Waals surface area contributed by atoms with Gasteiger partial charge in [-0.2, -0.15) is 0 Å². The van der Waals surface area contributed by atoms with Crippen molar-refractivity contribution in [3.05, 3.63) is 53.8 Å². The molecule has 1 aromatic carbocycles. The molecule has 196 valence electrons. The Morgan fingerprint density at radius 2 is 1.95 bits per heavy atom. The van der Waals surface area contributed by atoms with Gasteiger partial charge in [0.05, 0.1) is 22.2 Å². The predicted molar refractivity (Wildman–Crippen MR) is 146 cm³/mol. The number of likely N-dealkylation sites (N-methyl/N-ethyl adjacent to an activating group) is 1. The zero-order valence-corrected chi connectivity index (χ0v) is 22.5. The number of benzene rings is 1. The van der Waals surface area contributed by atoms with Gasteiger partial charge in [-0.15, -0.1) is 11.6 Å². The lowest BCUT2D eigenvalue weighted by Gasteiger charge is -2.61. The van der Waals surface area contributed by atoms with Gasteiger partial charge in [-0.05, 0) is 92.3 Å². The van der Waals surface area contributed by atoms with Crippen LogP contribution in [0.4, 0.5) is 5.82 Å². The molecule has 2 unspecified atom stereocenters. The van der Waals surface area contributed by atoms with Crippen molar-refractivity contribution in [1.29, 1.82) is 0 Å². The highest BCUT2D eigenvalue weighted by Gasteiger charge is 2.73. The molecule has 37 heavy (non-hydrogen) atoms. The molecule has 2 aromatic rings. The van der Waals surface area contributed by atoms with Crippen LogP contribution >= 0.6 is 11.6 Å². The Morgan fingerprint density at radius 1 is 1.14 bits per heavy atom. The number of anilines is 1. The molecule has 3 aliphatic carbocycles. The van der Waals surface area contributed by atoms with Gasteiger partial charge in [0.15, 0.2) is 0 Å². The number of halogens is 1. The number of ether oxygens (including phenoxy) is 1. The van der Waals surface area contributed by atoms with Crippen molar-refractivity contribution in [3.8, 4) is 0 Å². The van der Waals surface area contributed by atoms with Crippen LogP contribution in [0.5, 0.6) is 0 Å². The van der Waals surface area contributed by atoms with E-state index in [-0.39, 0.29) is 17.4 Å². The Morgan fingerprint density at radius 3 is 2.73 bits per heavy atom. The van der Waals surface area contributed by atoms with Gasteiger partial charge in [-0.25, -0.2) is 4.98 Å². The van der Waals surface area contributed by atoms with E-state index in [1.165, 1.54) is 11.1 Å². The van der Waals surface area contributed by atoms with Gasteiger partial charge in [0.25, 0.3) is 0 Å². The highest BCUT2D eigenvalue weighted by molar-refractivity contribution is 6.26. The zero-order valence-electron chi connectivity index (χ0n) is 21.7. The number of rotatable bonds is 2. The largest absolute Gasteiger partial charge is 0.388 e. The molecule has 6 nitrogen and oxygen atoms in total. The van der Waals surface area contributed by atoms with Crippen molar-refractivity contribution in [2.75, 3.05) is 19.8 Å². The first kappa shape index (κ1) is 24.1. The minimum absolute atomic E-state index is 0.0741. The Labute approximate surface area is 223 Å². The fraction of sp³-hybridized carbons (Fsp3) is 0.567. The normalized spacial score (nSPS) is 44.3. The van der Waals surface area contributed by atoms with E-state index < -0.39 is 28.3 Å². The van der Waals surface area contributed by atoms with Gasteiger partial charge >= 0.3 is 0 Å². The van der Waals surface area contributed by atoms with Gasteiger partial charge in [0, 0.05) is 23.5 Å². The maximum atomic E-state index is 11.2. The minimum atomic E-state index is -0.960. The number of aliphatic hydroxyl groups excluding tert-OH is 2. The van der Waals surface area contributed by atoms with Crippen LogP contribution in [-0.4, -0.2) is 68.5 Å². The molecule has 0 radical (unpaired) electrons. The summed E-state index contributed by atoms with van der Waals surface area (Å²) >= 11 is 7.56. The van der Waals surface area contributed by atoms with Crippen LogP contribution in [0.25, 0.3) is 16.3 Å². The lowest BCUT2D eigenvalue weighted by Crippen LogP contribution is -2.68. The van der Waals surface area contributed by atoms with Gasteiger partial charge in [0.1, 0.15) is 11.9 Å². The molecule has 4 N–H and O–H groups in total. The van der Waals surface area contributed by atoms with E-state index in [9.17, 15) is 10.2 Å². The molecule has 3 fully saturated rings. The van der Waals surface area contributed by atoms with Crippen LogP contribution in [0.2, 0.25) is 0 Å². The molecule has 2 bridgehead atoms. The average molecular weight is 522 g/mol. The Kier molecular flexibility index (Phi) is 4.94. The van der Waals surface area contributed by atoms with Crippen LogP contribution in [0.3, 0.4) is 0 Å². The van der Waals surface area contributed by atoms with E-state index in [1.807, 2.05) is 25.1 Å². The third kappa shape index (κ3) is 2.94. The van der Waals surface area contributed by atoms with E-state index in [2.05, 4.69) is 42.3 Å². The maximum Gasteiger partial charge on any atom is 0.131 e. The first-order chi connectivity index (χ1) is 17.5. The minimum Gasteiger partial charge on any atom is -0.388 e. The first-order valence-corrected chi connectivity index (χ1v) is 13.9. The number of nitrogen functional groups attached to an aromatic ring is 1. The summed E-state index contributed by atoms with van der Waals surface area (Å²) in [7, 11) is 3.92. The number of fused-ring (bicyclic) bond motifs is 2. The van der Waals surface area contributed by atoms with Crippen molar-refractivity contribution in [2.45, 2.75) is 79.8 Å². The lowest BCUT2D eigenvalue weighted by molar-refractivity contribution is -0.199. The second-order valence-electron chi connectivity index (χ2n) is 12.6. The molecule has 2 aliphatic heterocycles. The summed E-state index contributed by atoms with van der Waals surface area (Å²) in [6.45, 7) is 2.39. The van der Waals surface area contributed by atoms with Crippen molar-refractivity contribution in [1.82, 2.24) is 9.88 Å². The van der Waals surface area contributed by atoms with Crippen LogP contribution in [0, 0.1) is 11.3 Å². The Hall–Kier alpha value is -1.96. The second kappa shape index (κ2) is 7.57. The summed E-state index contributed by atoms with van der Waals surface area (Å²) < 4.78 is 7.28. The molecule has 3 heterocycles. The SMILES string of the molecule is CN(C)[C@H]1C[C@@]23CC[C@]4(O2)C2CC=C(c5ccc6c(N)nccc6c5)[C@@]2(C)CCC4(Cl)C=C3[C@@H](O)[C@@H]1O.